The summed E-state index contributed by atoms with van der Waals surface area (Å²) in [6.45, 7) is 4.68. The summed E-state index contributed by atoms with van der Waals surface area (Å²) in [4.78, 5) is 0.973. The maximum Gasteiger partial charge on any atom is 0.161 e. The van der Waals surface area contributed by atoms with Crippen LogP contribution in [0.1, 0.15) is 30.5 Å². The summed E-state index contributed by atoms with van der Waals surface area (Å²) in [6.07, 6.45) is 5.26. The average molecular weight is 554 g/mol. The first-order valence-electron chi connectivity index (χ1n) is 11.9. The van der Waals surface area contributed by atoms with Crippen LogP contribution in [0.4, 0.5) is 0 Å². The minimum Gasteiger partial charge on any atom is -0.490 e. The lowest BCUT2D eigenvalue weighted by Crippen LogP contribution is -2.60. The van der Waals surface area contributed by atoms with Gasteiger partial charge in [-0.3, -0.25) is 0 Å². The van der Waals surface area contributed by atoms with E-state index in [2.05, 4.69) is 0 Å². The second-order valence-corrected chi connectivity index (χ2v) is 10.8. The molecule has 0 bridgehead atoms. The number of hydrogen-bond donors (Lipinski definition) is 1. The van der Waals surface area contributed by atoms with Gasteiger partial charge in [0.2, 0.25) is 0 Å². The van der Waals surface area contributed by atoms with Crippen LogP contribution in [-0.2, 0) is 3.74 Å². The Kier molecular flexibility index (Phi) is 9.06. The molecule has 9 heteroatoms. The highest BCUT2D eigenvalue weighted by Crippen LogP contribution is 2.41. The summed E-state index contributed by atoms with van der Waals surface area (Å²) in [5, 5.41) is 0. The first-order chi connectivity index (χ1) is 18.3. The van der Waals surface area contributed by atoms with E-state index in [0.29, 0.717) is 45.7 Å². The third-order valence-electron chi connectivity index (χ3n) is 5.48. The van der Waals surface area contributed by atoms with E-state index < -0.39 is 21.0 Å². The van der Waals surface area contributed by atoms with Crippen LogP contribution in [-0.4, -0.2) is 18.1 Å². The van der Waals surface area contributed by atoms with Gasteiger partial charge in [0.1, 0.15) is 14.5 Å². The van der Waals surface area contributed by atoms with Crippen LogP contribution < -0.4 is 29.2 Å². The van der Waals surface area contributed by atoms with Gasteiger partial charge in [-0.1, -0.05) is 60.7 Å². The van der Waals surface area contributed by atoms with E-state index in [-0.39, 0.29) is 0 Å². The predicted molar refractivity (Wildman–Crippen MR) is 143 cm³/mol. The van der Waals surface area contributed by atoms with Crippen LogP contribution in [0.25, 0.3) is 11.3 Å². The van der Waals surface area contributed by atoms with E-state index in [9.17, 15) is 14.0 Å². The third kappa shape index (κ3) is 6.93. The summed E-state index contributed by atoms with van der Waals surface area (Å²) >= 11 is 0. The van der Waals surface area contributed by atoms with Crippen LogP contribution in [0.15, 0.2) is 102 Å². The maximum absolute atomic E-state index is 11.8. The molecule has 0 saturated carbocycles. The lowest BCUT2D eigenvalue weighted by molar-refractivity contribution is -1.91. The molecule has 0 aliphatic carbocycles. The van der Waals surface area contributed by atoms with E-state index >= 15 is 0 Å². The molecular weight excluding hydrogens is 526 g/mol. The zero-order valence-corrected chi connectivity index (χ0v) is 22.5. The molecule has 0 aromatic heterocycles. The monoisotopic (exact) mass is 553 g/mol. The van der Waals surface area contributed by atoms with Crippen LogP contribution in [0, 0.1) is 10.2 Å². The van der Waals surface area contributed by atoms with Crippen molar-refractivity contribution < 1.29 is 37.4 Å². The Bertz CT molecular complexity index is 1400. The summed E-state index contributed by atoms with van der Waals surface area (Å²) in [5.41, 5.74) is 9.95. The van der Waals surface area contributed by atoms with Crippen molar-refractivity contribution in [3.05, 3.63) is 119 Å². The molecule has 0 amide bonds. The highest BCUT2D eigenvalue weighted by atomic mass is 35.7. The topological polar surface area (TPSA) is 123 Å². The molecule has 38 heavy (non-hydrogen) atoms. The van der Waals surface area contributed by atoms with E-state index in [1.807, 2.05) is 80.6 Å². The molecule has 3 aromatic rings. The SMILES string of the molecule is CCOc1ccc(C(N)=CC2=CC(c3ccccc3)=CC(c3ccccc3)=S2O[Cl+3]([O-])([O-])[O-])cc1OCC. The second-order valence-electron chi connectivity index (χ2n) is 8.08. The molecular formula is C29H28ClNO6S. The molecule has 0 fully saturated rings. The lowest BCUT2D eigenvalue weighted by atomic mass is 10.0. The van der Waals surface area contributed by atoms with Gasteiger partial charge in [-0.05, 0) is 67.0 Å². The van der Waals surface area contributed by atoms with Gasteiger partial charge in [0.25, 0.3) is 0 Å². The van der Waals surface area contributed by atoms with Crippen molar-refractivity contribution in [3.8, 4) is 11.5 Å². The molecule has 1 unspecified atom stereocenters. The summed E-state index contributed by atoms with van der Waals surface area (Å²) in [5.74, 6) is 1.13. The zero-order chi connectivity index (χ0) is 27.1. The van der Waals surface area contributed by atoms with Crippen LogP contribution in [0.3, 0.4) is 0 Å². The number of ether oxygens (including phenoxy) is 2. The Hall–Kier alpha value is -3.37. The Morgan fingerprint density at radius 2 is 1.42 bits per heavy atom. The third-order valence-corrected chi connectivity index (χ3v) is 8.02. The standard InChI is InChI=1S/C29H28ClNO6S/c1-3-35-27-16-15-23(18-28(27)36-4-2)26(31)20-25-17-24(21-11-7-5-8-12-21)19-29(22-13-9-6-10-14-22)38(25)37-30(32,33)34/h5-20H,3-4,31H2,1-2H3. The molecule has 4 rings (SSSR count). The minimum atomic E-state index is -4.73. The predicted octanol–water partition coefficient (Wildman–Crippen LogP) is 3.08. The molecule has 7 nitrogen and oxygen atoms in total. The fourth-order valence-corrected chi connectivity index (χ4v) is 6.36. The van der Waals surface area contributed by atoms with E-state index in [4.69, 9.17) is 18.9 Å². The molecule has 198 valence electrons. The Morgan fingerprint density at radius 1 is 0.816 bits per heavy atom. The van der Waals surface area contributed by atoms with Crippen molar-refractivity contribution in [1.29, 1.82) is 0 Å². The molecule has 1 atom stereocenters. The molecule has 0 radical (unpaired) electrons. The maximum atomic E-state index is 11.8. The fraction of sp³-hybridized carbons (Fsp3) is 0.138. The van der Waals surface area contributed by atoms with E-state index in [1.165, 1.54) is 0 Å². The summed E-state index contributed by atoms with van der Waals surface area (Å²) in [7, 11) is -6.30. The fourth-order valence-electron chi connectivity index (χ4n) is 3.87. The molecule has 0 spiro atoms. The van der Waals surface area contributed by atoms with Crippen LogP contribution >= 0.6 is 10.8 Å². The van der Waals surface area contributed by atoms with E-state index in [1.54, 1.807) is 30.4 Å². The molecule has 1 aliphatic heterocycles. The molecule has 3 aromatic carbocycles. The number of allylic oxidation sites excluding steroid dienone is 4. The van der Waals surface area contributed by atoms with Gasteiger partial charge in [0, 0.05) is 16.2 Å². The average Bonchev–Trinajstić information content (AvgIpc) is 2.91. The first-order valence-corrected chi connectivity index (χ1v) is 14.3. The van der Waals surface area contributed by atoms with E-state index in [0.717, 1.165) is 16.7 Å². The highest BCUT2D eigenvalue weighted by molar-refractivity contribution is 8.15. The molecule has 0 saturated heterocycles. The quantitative estimate of drug-likeness (QED) is 0.383. The van der Waals surface area contributed by atoms with Gasteiger partial charge >= 0.3 is 0 Å². The first kappa shape index (κ1) is 27.7. The minimum absolute atomic E-state index is 0.336. The Balaban J connectivity index is 1.88. The molecule has 2 N–H and O–H groups in total. The van der Waals surface area contributed by atoms with Crippen molar-refractivity contribution in [3.63, 3.8) is 0 Å². The number of hydrogen-bond acceptors (Lipinski definition) is 7. The van der Waals surface area contributed by atoms with Crippen LogP contribution in [0.5, 0.6) is 11.5 Å². The molecule has 1 heterocycles. The number of nitrogens with two attached hydrogens (primary N) is 1. The number of halogens is 1. The lowest BCUT2D eigenvalue weighted by Gasteiger charge is -2.21. The normalized spacial score (nSPS) is 16.1. The van der Waals surface area contributed by atoms with Crippen molar-refractivity contribution in [2.45, 2.75) is 13.8 Å². The van der Waals surface area contributed by atoms with Crippen molar-refractivity contribution in [2.75, 3.05) is 13.2 Å². The second kappa shape index (κ2) is 12.4. The molecule has 1 aliphatic rings. The Morgan fingerprint density at radius 3 is 2.03 bits per heavy atom. The number of benzene rings is 3. The highest BCUT2D eigenvalue weighted by Gasteiger charge is 2.30. The van der Waals surface area contributed by atoms with Gasteiger partial charge in [0.15, 0.2) is 11.5 Å². The van der Waals surface area contributed by atoms with Gasteiger partial charge in [0.05, 0.1) is 28.3 Å². The zero-order valence-electron chi connectivity index (χ0n) is 21.0. The van der Waals surface area contributed by atoms with Crippen molar-refractivity contribution in [1.82, 2.24) is 0 Å². The van der Waals surface area contributed by atoms with Crippen molar-refractivity contribution in [2.24, 2.45) is 5.73 Å². The largest absolute Gasteiger partial charge is 0.490 e. The van der Waals surface area contributed by atoms with Crippen LogP contribution in [0.2, 0.25) is 0 Å². The van der Waals surface area contributed by atoms with Gasteiger partial charge < -0.3 is 15.2 Å². The summed E-state index contributed by atoms with van der Waals surface area (Å²) < 4.78 is 51.9. The van der Waals surface area contributed by atoms with Crippen molar-refractivity contribution >= 4 is 26.9 Å². The number of rotatable bonds is 10. The summed E-state index contributed by atoms with van der Waals surface area (Å²) in [6, 6.07) is 24.2. The Labute approximate surface area is 227 Å². The van der Waals surface area contributed by atoms with Gasteiger partial charge in [-0.15, -0.1) is 0 Å². The van der Waals surface area contributed by atoms with Gasteiger partial charge in [-0.2, -0.15) is 14.0 Å². The van der Waals surface area contributed by atoms with Gasteiger partial charge in [-0.25, -0.2) is 0 Å². The smallest absolute Gasteiger partial charge is 0.161 e.